The van der Waals surface area contributed by atoms with Crippen molar-refractivity contribution in [1.82, 2.24) is 15.2 Å². The Morgan fingerprint density at radius 1 is 1.47 bits per heavy atom. The number of aromatic nitrogens is 3. The summed E-state index contributed by atoms with van der Waals surface area (Å²) in [7, 11) is 0. The summed E-state index contributed by atoms with van der Waals surface area (Å²) in [5.41, 5.74) is 1.09. The number of carbonyl (C=O) groups is 1. The van der Waals surface area contributed by atoms with Gasteiger partial charge in [-0.2, -0.15) is 0 Å². The van der Waals surface area contributed by atoms with Gasteiger partial charge in [-0.3, -0.25) is 14.9 Å². The van der Waals surface area contributed by atoms with Crippen LogP contribution in [0.5, 0.6) is 0 Å². The molecule has 0 aliphatic heterocycles. The van der Waals surface area contributed by atoms with E-state index in [1.165, 1.54) is 11.3 Å². The first-order valence-corrected chi connectivity index (χ1v) is 6.21. The van der Waals surface area contributed by atoms with Crippen molar-refractivity contribution < 1.29 is 4.79 Å². The normalized spacial score (nSPS) is 10.1. The van der Waals surface area contributed by atoms with Crippen LogP contribution in [-0.4, -0.2) is 21.1 Å². The molecular weight excluding hydrogens is 256 g/mol. The first-order chi connectivity index (χ1) is 8.24. The van der Waals surface area contributed by atoms with Gasteiger partial charge in [0, 0.05) is 18.8 Å². The number of rotatable bonds is 4. The molecule has 5 nitrogen and oxygen atoms in total. The van der Waals surface area contributed by atoms with E-state index >= 15 is 0 Å². The molecule has 0 atom stereocenters. The number of carbonyl (C=O) groups excluding carboxylic acids is 1. The minimum absolute atomic E-state index is 0.0698. The zero-order valence-corrected chi connectivity index (χ0v) is 10.5. The van der Waals surface area contributed by atoms with Crippen molar-refractivity contribution >= 4 is 34.6 Å². The van der Waals surface area contributed by atoms with Crippen LogP contribution in [0.2, 0.25) is 0 Å². The van der Waals surface area contributed by atoms with E-state index < -0.39 is 0 Å². The van der Waals surface area contributed by atoms with Crippen LogP contribution in [0.4, 0.5) is 5.13 Å². The van der Waals surface area contributed by atoms with Gasteiger partial charge in [-0.25, -0.2) is 0 Å². The lowest BCUT2D eigenvalue weighted by Crippen LogP contribution is -2.12. The second kappa shape index (κ2) is 5.65. The van der Waals surface area contributed by atoms with Crippen LogP contribution in [0.15, 0.2) is 24.5 Å². The summed E-state index contributed by atoms with van der Waals surface area (Å²) < 4.78 is 0.550. The molecule has 0 bridgehead atoms. The van der Waals surface area contributed by atoms with Gasteiger partial charge in [-0.15, -0.1) is 5.10 Å². The Morgan fingerprint density at radius 2 is 2.24 bits per heavy atom. The Morgan fingerprint density at radius 3 is 2.88 bits per heavy atom. The first-order valence-electron chi connectivity index (χ1n) is 4.98. The largest absolute Gasteiger partial charge is 0.301 e. The maximum Gasteiger partial charge on any atom is 0.226 e. The van der Waals surface area contributed by atoms with Crippen molar-refractivity contribution in [3.05, 3.63) is 34.0 Å². The molecule has 0 aromatic carbocycles. The molecule has 0 spiro atoms. The Hall–Kier alpha value is -1.60. The molecule has 7 heteroatoms. The fourth-order valence-corrected chi connectivity index (χ4v) is 2.08. The van der Waals surface area contributed by atoms with Crippen LogP contribution >= 0.6 is 23.6 Å². The van der Waals surface area contributed by atoms with Crippen LogP contribution in [0.25, 0.3) is 0 Å². The average Bonchev–Trinajstić information content (AvgIpc) is 2.73. The minimum Gasteiger partial charge on any atom is -0.301 e. The highest BCUT2D eigenvalue weighted by Gasteiger charge is 2.05. The van der Waals surface area contributed by atoms with Crippen LogP contribution in [-0.2, 0) is 11.2 Å². The highest BCUT2D eigenvalue weighted by Crippen LogP contribution is 2.11. The molecule has 2 heterocycles. The highest BCUT2D eigenvalue weighted by atomic mass is 32.1. The zero-order chi connectivity index (χ0) is 12.1. The number of amides is 1. The maximum atomic E-state index is 11.6. The van der Waals surface area contributed by atoms with Gasteiger partial charge in [0.25, 0.3) is 0 Å². The molecule has 88 valence electrons. The van der Waals surface area contributed by atoms with E-state index in [0.717, 1.165) is 5.56 Å². The lowest BCUT2D eigenvalue weighted by atomic mass is 10.1. The molecule has 1 amide bonds. The van der Waals surface area contributed by atoms with E-state index in [-0.39, 0.29) is 5.91 Å². The van der Waals surface area contributed by atoms with Crippen LogP contribution in [0.3, 0.4) is 0 Å². The van der Waals surface area contributed by atoms with Gasteiger partial charge in [0.15, 0.2) is 3.95 Å². The van der Waals surface area contributed by atoms with Gasteiger partial charge in [-0.05, 0) is 36.3 Å². The number of nitrogens with one attached hydrogen (secondary N) is 2. The number of H-pyrrole nitrogens is 1. The smallest absolute Gasteiger partial charge is 0.226 e. The summed E-state index contributed by atoms with van der Waals surface area (Å²) in [6.45, 7) is 0. The summed E-state index contributed by atoms with van der Waals surface area (Å²) in [6, 6.07) is 3.79. The molecule has 0 aliphatic carbocycles. The monoisotopic (exact) mass is 266 g/mol. The summed E-state index contributed by atoms with van der Waals surface area (Å²) in [5, 5.41) is 9.66. The van der Waals surface area contributed by atoms with E-state index in [1.807, 2.05) is 12.1 Å². The second-order valence-electron chi connectivity index (χ2n) is 3.32. The Labute approximate surface area is 107 Å². The molecule has 0 saturated carbocycles. The van der Waals surface area contributed by atoms with Crippen molar-refractivity contribution in [2.75, 3.05) is 5.32 Å². The molecule has 0 aliphatic rings. The fourth-order valence-electron chi connectivity index (χ4n) is 1.27. The van der Waals surface area contributed by atoms with Crippen molar-refractivity contribution in [3.8, 4) is 0 Å². The zero-order valence-electron chi connectivity index (χ0n) is 8.84. The fraction of sp³-hybridized carbons (Fsp3) is 0.200. The quantitative estimate of drug-likeness (QED) is 0.832. The predicted octanol–water partition coefficient (Wildman–Crippen LogP) is 2.17. The number of hydrogen-bond acceptors (Lipinski definition) is 5. The summed E-state index contributed by atoms with van der Waals surface area (Å²) in [4.78, 5) is 15.5. The number of pyridine rings is 1. The number of aryl methyl sites for hydroxylation is 1. The van der Waals surface area contributed by atoms with Crippen molar-refractivity contribution in [2.45, 2.75) is 12.8 Å². The number of hydrogen-bond donors (Lipinski definition) is 2. The third kappa shape index (κ3) is 3.72. The topological polar surface area (TPSA) is 70.7 Å². The van der Waals surface area contributed by atoms with Gasteiger partial charge in [0.2, 0.25) is 11.0 Å². The van der Waals surface area contributed by atoms with Crippen molar-refractivity contribution in [2.24, 2.45) is 0 Å². The van der Waals surface area contributed by atoms with Gasteiger partial charge in [0.1, 0.15) is 0 Å². The molecule has 2 aromatic heterocycles. The first kappa shape index (κ1) is 11.9. The van der Waals surface area contributed by atoms with Crippen LogP contribution < -0.4 is 5.32 Å². The average molecular weight is 266 g/mol. The lowest BCUT2D eigenvalue weighted by Gasteiger charge is -2.01. The third-order valence-electron chi connectivity index (χ3n) is 2.07. The van der Waals surface area contributed by atoms with Crippen molar-refractivity contribution in [1.29, 1.82) is 0 Å². The van der Waals surface area contributed by atoms with Gasteiger partial charge < -0.3 is 5.32 Å². The molecular formula is C10H10N4OS2. The van der Waals surface area contributed by atoms with E-state index in [2.05, 4.69) is 20.5 Å². The standard InChI is InChI=1S/C10H10N4OS2/c15-8(12-9-13-14-10(16)17-9)2-1-7-3-5-11-6-4-7/h3-6H,1-2H2,(H,14,16)(H,12,13,15). The molecule has 0 unspecified atom stereocenters. The second-order valence-corrected chi connectivity index (χ2v) is 4.99. The molecule has 2 N–H and O–H groups in total. The molecule has 2 rings (SSSR count). The van der Waals surface area contributed by atoms with E-state index in [0.29, 0.717) is 21.9 Å². The Kier molecular flexibility index (Phi) is 3.94. The summed E-state index contributed by atoms with van der Waals surface area (Å²) in [5.74, 6) is -0.0698. The number of nitrogens with zero attached hydrogens (tertiary/aromatic N) is 2. The maximum absolute atomic E-state index is 11.6. The van der Waals surface area contributed by atoms with E-state index in [4.69, 9.17) is 12.2 Å². The minimum atomic E-state index is -0.0698. The molecule has 0 saturated heterocycles. The lowest BCUT2D eigenvalue weighted by molar-refractivity contribution is -0.116. The summed E-state index contributed by atoms with van der Waals surface area (Å²) >= 11 is 6.11. The SMILES string of the molecule is O=C(CCc1ccncc1)Nc1n[nH]c(=S)s1. The van der Waals surface area contributed by atoms with Gasteiger partial charge >= 0.3 is 0 Å². The molecule has 2 aromatic rings. The number of aromatic amines is 1. The number of anilines is 1. The third-order valence-corrected chi connectivity index (χ3v) is 3.08. The molecule has 17 heavy (non-hydrogen) atoms. The van der Waals surface area contributed by atoms with E-state index in [9.17, 15) is 4.79 Å². The van der Waals surface area contributed by atoms with Gasteiger partial charge in [0.05, 0.1) is 0 Å². The highest BCUT2D eigenvalue weighted by molar-refractivity contribution is 7.73. The van der Waals surface area contributed by atoms with Crippen molar-refractivity contribution in [3.63, 3.8) is 0 Å². The van der Waals surface area contributed by atoms with Crippen LogP contribution in [0, 0.1) is 3.95 Å². The molecule has 0 fully saturated rings. The van der Waals surface area contributed by atoms with Gasteiger partial charge in [-0.1, -0.05) is 11.3 Å². The Balaban J connectivity index is 1.84. The summed E-state index contributed by atoms with van der Waals surface area (Å²) in [6.07, 6.45) is 4.53. The van der Waals surface area contributed by atoms with E-state index in [1.54, 1.807) is 12.4 Å². The van der Waals surface area contributed by atoms with Crippen LogP contribution in [0.1, 0.15) is 12.0 Å². The Bertz CT molecular complexity index is 549. The predicted molar refractivity (Wildman–Crippen MR) is 68.5 cm³/mol. The molecule has 0 radical (unpaired) electrons.